The molecule has 0 radical (unpaired) electrons. The van der Waals surface area contributed by atoms with Gasteiger partial charge in [-0.15, -0.1) is 11.3 Å². The van der Waals surface area contributed by atoms with Crippen LogP contribution in [0.1, 0.15) is 11.5 Å². The molecule has 0 atom stereocenters. The van der Waals surface area contributed by atoms with E-state index in [0.717, 1.165) is 33.4 Å². The molecule has 26 heavy (non-hydrogen) atoms. The number of fused-ring (bicyclic) bond motifs is 1. The Bertz CT molecular complexity index is 1030. The van der Waals surface area contributed by atoms with Gasteiger partial charge in [0, 0.05) is 22.8 Å². The first-order chi connectivity index (χ1) is 12.7. The van der Waals surface area contributed by atoms with E-state index in [2.05, 4.69) is 10.3 Å². The van der Waals surface area contributed by atoms with Gasteiger partial charge < -0.3 is 14.5 Å². The molecule has 6 nitrogen and oxygen atoms in total. The monoisotopic (exact) mass is 367 g/mol. The Morgan fingerprint density at radius 2 is 2.27 bits per heavy atom. The Morgan fingerprint density at radius 3 is 3.08 bits per heavy atom. The lowest BCUT2D eigenvalue weighted by molar-refractivity contribution is -0.120. The van der Waals surface area contributed by atoms with Gasteiger partial charge in [-0.05, 0) is 24.3 Å². The SMILES string of the molecule is COc1cccc(-c2cn3c(CC(=O)NCc4ccco4)csc3n2)c1. The molecule has 3 aromatic heterocycles. The van der Waals surface area contributed by atoms with Crippen molar-refractivity contribution in [1.29, 1.82) is 0 Å². The van der Waals surface area contributed by atoms with Crippen LogP contribution in [0.5, 0.6) is 5.75 Å². The highest BCUT2D eigenvalue weighted by Gasteiger charge is 2.13. The van der Waals surface area contributed by atoms with Crippen LogP contribution in [0.25, 0.3) is 16.2 Å². The number of nitrogens with one attached hydrogen (secondary N) is 1. The number of ether oxygens (including phenoxy) is 1. The van der Waals surface area contributed by atoms with Crippen molar-refractivity contribution in [3.05, 3.63) is 65.7 Å². The van der Waals surface area contributed by atoms with Gasteiger partial charge in [-0.25, -0.2) is 4.98 Å². The van der Waals surface area contributed by atoms with E-state index in [-0.39, 0.29) is 12.3 Å². The Balaban J connectivity index is 1.51. The van der Waals surface area contributed by atoms with Crippen LogP contribution < -0.4 is 10.1 Å². The fourth-order valence-corrected chi connectivity index (χ4v) is 3.58. The summed E-state index contributed by atoms with van der Waals surface area (Å²) in [6.45, 7) is 0.387. The van der Waals surface area contributed by atoms with Gasteiger partial charge >= 0.3 is 0 Å². The number of hydrogen-bond acceptors (Lipinski definition) is 5. The molecule has 1 aromatic carbocycles. The first kappa shape index (κ1) is 16.4. The summed E-state index contributed by atoms with van der Waals surface area (Å²) >= 11 is 1.52. The maximum atomic E-state index is 12.2. The molecule has 0 aliphatic carbocycles. The van der Waals surface area contributed by atoms with Crippen LogP contribution in [0.3, 0.4) is 0 Å². The highest BCUT2D eigenvalue weighted by Crippen LogP contribution is 2.26. The zero-order valence-electron chi connectivity index (χ0n) is 14.1. The van der Waals surface area contributed by atoms with Crippen LogP contribution >= 0.6 is 11.3 Å². The fraction of sp³-hybridized carbons (Fsp3) is 0.158. The number of benzene rings is 1. The number of furan rings is 1. The lowest BCUT2D eigenvalue weighted by Gasteiger charge is -2.03. The maximum Gasteiger partial charge on any atom is 0.226 e. The highest BCUT2D eigenvalue weighted by molar-refractivity contribution is 7.15. The van der Waals surface area contributed by atoms with E-state index in [0.29, 0.717) is 6.54 Å². The number of carbonyl (C=O) groups is 1. The third-order valence-electron chi connectivity index (χ3n) is 4.03. The molecule has 7 heteroatoms. The molecule has 0 aliphatic heterocycles. The average molecular weight is 367 g/mol. The fourth-order valence-electron chi connectivity index (χ4n) is 2.70. The average Bonchev–Trinajstić information content (AvgIpc) is 3.39. The van der Waals surface area contributed by atoms with Gasteiger partial charge in [0.2, 0.25) is 5.91 Å². The van der Waals surface area contributed by atoms with Crippen molar-refractivity contribution >= 4 is 22.2 Å². The van der Waals surface area contributed by atoms with Gasteiger partial charge in [-0.1, -0.05) is 12.1 Å². The molecule has 0 fully saturated rings. The molecule has 0 spiro atoms. The summed E-state index contributed by atoms with van der Waals surface area (Å²) in [6, 6.07) is 11.4. The second-order valence-electron chi connectivity index (χ2n) is 5.77. The van der Waals surface area contributed by atoms with E-state index in [1.807, 2.05) is 46.3 Å². The van der Waals surface area contributed by atoms with Crippen LogP contribution in [-0.2, 0) is 17.8 Å². The predicted molar refractivity (Wildman–Crippen MR) is 99.3 cm³/mol. The van der Waals surface area contributed by atoms with Gasteiger partial charge in [-0.2, -0.15) is 0 Å². The van der Waals surface area contributed by atoms with Crippen LogP contribution in [0, 0.1) is 0 Å². The summed E-state index contributed by atoms with van der Waals surface area (Å²) in [6.07, 6.45) is 3.83. The molecule has 4 aromatic rings. The number of aromatic nitrogens is 2. The van der Waals surface area contributed by atoms with Crippen molar-refractivity contribution in [3.8, 4) is 17.0 Å². The summed E-state index contributed by atoms with van der Waals surface area (Å²) in [7, 11) is 1.64. The van der Waals surface area contributed by atoms with Crippen molar-refractivity contribution in [2.24, 2.45) is 0 Å². The van der Waals surface area contributed by atoms with Gasteiger partial charge in [0.05, 0.1) is 32.0 Å². The van der Waals surface area contributed by atoms with Crippen LogP contribution in [0.4, 0.5) is 0 Å². The predicted octanol–water partition coefficient (Wildman–Crippen LogP) is 3.52. The zero-order valence-corrected chi connectivity index (χ0v) is 15.0. The molecule has 0 bridgehead atoms. The topological polar surface area (TPSA) is 68.8 Å². The van der Waals surface area contributed by atoms with E-state index < -0.39 is 0 Å². The zero-order chi connectivity index (χ0) is 17.9. The third-order valence-corrected chi connectivity index (χ3v) is 4.92. The highest BCUT2D eigenvalue weighted by atomic mass is 32.1. The lowest BCUT2D eigenvalue weighted by Crippen LogP contribution is -2.24. The number of hydrogen-bond donors (Lipinski definition) is 1. The van der Waals surface area contributed by atoms with Crippen molar-refractivity contribution in [2.45, 2.75) is 13.0 Å². The van der Waals surface area contributed by atoms with Crippen molar-refractivity contribution in [1.82, 2.24) is 14.7 Å². The Morgan fingerprint density at radius 1 is 1.35 bits per heavy atom. The Hall–Kier alpha value is -3.06. The maximum absolute atomic E-state index is 12.2. The summed E-state index contributed by atoms with van der Waals surface area (Å²) in [5.41, 5.74) is 2.74. The van der Waals surface area contributed by atoms with Crippen LogP contribution in [0.15, 0.2) is 58.7 Å². The third kappa shape index (κ3) is 3.34. The molecule has 4 rings (SSSR count). The molecule has 1 amide bonds. The molecule has 0 saturated heterocycles. The lowest BCUT2D eigenvalue weighted by atomic mass is 10.1. The summed E-state index contributed by atoms with van der Waals surface area (Å²) in [5, 5.41) is 4.83. The van der Waals surface area contributed by atoms with Gasteiger partial charge in [0.25, 0.3) is 0 Å². The van der Waals surface area contributed by atoms with E-state index in [1.165, 1.54) is 11.3 Å². The van der Waals surface area contributed by atoms with E-state index in [9.17, 15) is 4.79 Å². The van der Waals surface area contributed by atoms with Crippen molar-refractivity contribution in [3.63, 3.8) is 0 Å². The van der Waals surface area contributed by atoms with Crippen molar-refractivity contribution in [2.75, 3.05) is 7.11 Å². The minimum absolute atomic E-state index is 0.0577. The largest absolute Gasteiger partial charge is 0.497 e. The normalized spacial score (nSPS) is 11.0. The summed E-state index contributed by atoms with van der Waals surface area (Å²) in [5.74, 6) is 1.46. The Kier molecular flexibility index (Phi) is 4.45. The standard InChI is InChI=1S/C19H17N3O3S/c1-24-15-5-2-4-13(8-15)17-11-22-14(12-26-19(22)21-17)9-18(23)20-10-16-6-3-7-25-16/h2-8,11-12H,9-10H2,1H3,(H,20,23). The number of carbonyl (C=O) groups excluding carboxylic acids is 1. The van der Waals surface area contributed by atoms with Crippen LogP contribution in [0.2, 0.25) is 0 Å². The molecule has 132 valence electrons. The molecule has 1 N–H and O–H groups in total. The van der Waals surface area contributed by atoms with Gasteiger partial charge in [0.1, 0.15) is 11.5 Å². The first-order valence-electron chi connectivity index (χ1n) is 8.12. The number of methoxy groups -OCH3 is 1. The number of imidazole rings is 1. The van der Waals surface area contributed by atoms with Crippen LogP contribution in [-0.4, -0.2) is 22.4 Å². The molecule has 0 saturated carbocycles. The smallest absolute Gasteiger partial charge is 0.226 e. The quantitative estimate of drug-likeness (QED) is 0.566. The summed E-state index contributed by atoms with van der Waals surface area (Å²) < 4.78 is 12.5. The molecular weight excluding hydrogens is 350 g/mol. The molecule has 0 unspecified atom stereocenters. The molecular formula is C19H17N3O3S. The second-order valence-corrected chi connectivity index (χ2v) is 6.61. The Labute approximate surface area is 154 Å². The van der Waals surface area contributed by atoms with E-state index in [4.69, 9.17) is 9.15 Å². The first-order valence-corrected chi connectivity index (χ1v) is 9.00. The number of thiazole rings is 1. The van der Waals surface area contributed by atoms with Gasteiger partial charge in [-0.3, -0.25) is 9.20 Å². The van der Waals surface area contributed by atoms with Gasteiger partial charge in [0.15, 0.2) is 4.96 Å². The summed E-state index contributed by atoms with van der Waals surface area (Å²) in [4.78, 5) is 17.7. The molecule has 3 heterocycles. The molecule has 0 aliphatic rings. The second kappa shape index (κ2) is 7.05. The number of amides is 1. The van der Waals surface area contributed by atoms with E-state index >= 15 is 0 Å². The number of nitrogens with zero attached hydrogens (tertiary/aromatic N) is 2. The minimum Gasteiger partial charge on any atom is -0.497 e. The minimum atomic E-state index is -0.0577. The number of rotatable bonds is 6. The van der Waals surface area contributed by atoms with Crippen molar-refractivity contribution < 1.29 is 13.9 Å². The van der Waals surface area contributed by atoms with E-state index in [1.54, 1.807) is 19.4 Å².